The summed E-state index contributed by atoms with van der Waals surface area (Å²) in [5.41, 5.74) is 5.09. The standard InChI is InChI=1S/C23H28N4O5/c24-22(31)23(27-10-4-1-5-11-27)8-12-26(13-9-23)20(29)15-25-21(30)19-14-17(28)16-6-2-3-7-18(16)32-19/h2-3,6-7,14H,1,4-5,8-13,15H2,(H2,24,31)(H,25,30). The van der Waals surface area contributed by atoms with Crippen LogP contribution < -0.4 is 16.5 Å². The molecule has 2 aliphatic rings. The van der Waals surface area contributed by atoms with Crippen LogP contribution >= 0.6 is 0 Å². The van der Waals surface area contributed by atoms with E-state index < -0.39 is 11.4 Å². The van der Waals surface area contributed by atoms with Gasteiger partial charge in [-0.3, -0.25) is 24.1 Å². The van der Waals surface area contributed by atoms with Gasteiger partial charge in [0.25, 0.3) is 5.91 Å². The van der Waals surface area contributed by atoms with Crippen LogP contribution in [0.3, 0.4) is 0 Å². The highest BCUT2D eigenvalue weighted by molar-refractivity contribution is 5.95. The molecule has 0 unspecified atom stereocenters. The maximum atomic E-state index is 12.7. The van der Waals surface area contributed by atoms with Crippen LogP contribution in [0.15, 0.2) is 39.5 Å². The zero-order valence-corrected chi connectivity index (χ0v) is 18.0. The lowest BCUT2D eigenvalue weighted by Gasteiger charge is -2.48. The molecule has 3 heterocycles. The normalized spacial score (nSPS) is 18.9. The van der Waals surface area contributed by atoms with Crippen LogP contribution in [-0.4, -0.2) is 65.8 Å². The number of piperidine rings is 2. The number of benzene rings is 1. The monoisotopic (exact) mass is 440 g/mol. The molecule has 1 aromatic carbocycles. The van der Waals surface area contributed by atoms with Gasteiger partial charge in [-0.25, -0.2) is 0 Å². The van der Waals surface area contributed by atoms with Crippen LogP contribution in [0.5, 0.6) is 0 Å². The van der Waals surface area contributed by atoms with Gasteiger partial charge in [-0.1, -0.05) is 18.6 Å². The second kappa shape index (κ2) is 9.12. The van der Waals surface area contributed by atoms with Gasteiger partial charge >= 0.3 is 0 Å². The first-order chi connectivity index (χ1) is 15.4. The molecule has 3 N–H and O–H groups in total. The summed E-state index contributed by atoms with van der Waals surface area (Å²) in [6, 6.07) is 7.79. The fourth-order valence-electron chi connectivity index (χ4n) is 4.74. The quantitative estimate of drug-likeness (QED) is 0.710. The molecule has 0 saturated carbocycles. The molecule has 32 heavy (non-hydrogen) atoms. The van der Waals surface area contributed by atoms with Gasteiger partial charge in [0.2, 0.25) is 11.8 Å². The number of fused-ring (bicyclic) bond motifs is 1. The molecule has 0 aliphatic carbocycles. The van der Waals surface area contributed by atoms with Crippen LogP contribution in [0, 0.1) is 0 Å². The van der Waals surface area contributed by atoms with Crippen molar-refractivity contribution in [3.63, 3.8) is 0 Å². The van der Waals surface area contributed by atoms with Crippen LogP contribution in [-0.2, 0) is 9.59 Å². The molecule has 1 aromatic heterocycles. The number of likely N-dealkylation sites (tertiary alicyclic amines) is 2. The molecule has 2 aromatic rings. The molecule has 0 bridgehead atoms. The van der Waals surface area contributed by atoms with Crippen molar-refractivity contribution in [2.24, 2.45) is 5.73 Å². The number of hydrogen-bond donors (Lipinski definition) is 2. The van der Waals surface area contributed by atoms with E-state index in [0.717, 1.165) is 38.4 Å². The van der Waals surface area contributed by atoms with E-state index >= 15 is 0 Å². The van der Waals surface area contributed by atoms with Gasteiger partial charge < -0.3 is 20.4 Å². The predicted octanol–water partition coefficient (Wildman–Crippen LogP) is 0.855. The third kappa shape index (κ3) is 4.25. The van der Waals surface area contributed by atoms with Crippen molar-refractivity contribution < 1.29 is 18.8 Å². The van der Waals surface area contributed by atoms with Crippen molar-refractivity contribution in [2.75, 3.05) is 32.7 Å². The first-order valence-corrected chi connectivity index (χ1v) is 11.0. The van der Waals surface area contributed by atoms with E-state index in [2.05, 4.69) is 10.2 Å². The number of carbonyl (C=O) groups is 3. The molecular weight excluding hydrogens is 412 g/mol. The van der Waals surface area contributed by atoms with Crippen molar-refractivity contribution >= 4 is 28.7 Å². The van der Waals surface area contributed by atoms with E-state index in [-0.39, 0.29) is 29.5 Å². The average Bonchev–Trinajstić information content (AvgIpc) is 2.82. The minimum atomic E-state index is -0.699. The van der Waals surface area contributed by atoms with Crippen molar-refractivity contribution in [1.82, 2.24) is 15.1 Å². The molecule has 9 heteroatoms. The van der Waals surface area contributed by atoms with Gasteiger partial charge in [-0.15, -0.1) is 0 Å². The average molecular weight is 441 g/mol. The van der Waals surface area contributed by atoms with Crippen LogP contribution in [0.25, 0.3) is 11.0 Å². The number of amides is 3. The van der Waals surface area contributed by atoms with Crippen molar-refractivity contribution in [3.05, 3.63) is 46.3 Å². The number of para-hydroxylation sites is 1. The smallest absolute Gasteiger partial charge is 0.287 e. The maximum Gasteiger partial charge on any atom is 0.287 e. The molecule has 4 rings (SSSR count). The Morgan fingerprint density at radius 2 is 1.72 bits per heavy atom. The largest absolute Gasteiger partial charge is 0.451 e. The van der Waals surface area contributed by atoms with Crippen molar-refractivity contribution in [2.45, 2.75) is 37.6 Å². The highest BCUT2D eigenvalue weighted by Crippen LogP contribution is 2.31. The Hall–Kier alpha value is -3.20. The summed E-state index contributed by atoms with van der Waals surface area (Å²) in [6.07, 6.45) is 4.24. The second-order valence-electron chi connectivity index (χ2n) is 8.48. The number of nitrogens with two attached hydrogens (primary N) is 1. The van der Waals surface area contributed by atoms with Crippen molar-refractivity contribution in [3.8, 4) is 0 Å². The predicted molar refractivity (Wildman–Crippen MR) is 118 cm³/mol. The summed E-state index contributed by atoms with van der Waals surface area (Å²) < 4.78 is 5.51. The van der Waals surface area contributed by atoms with Crippen LogP contribution in [0.1, 0.15) is 42.7 Å². The molecule has 0 radical (unpaired) electrons. The van der Waals surface area contributed by atoms with Gasteiger partial charge in [-0.05, 0) is 50.9 Å². The lowest BCUT2D eigenvalue weighted by atomic mass is 9.83. The number of carbonyl (C=O) groups excluding carboxylic acids is 3. The van der Waals surface area contributed by atoms with E-state index in [1.165, 1.54) is 0 Å². The van der Waals surface area contributed by atoms with Crippen LogP contribution in [0.4, 0.5) is 0 Å². The first kappa shape index (κ1) is 22.0. The van der Waals surface area contributed by atoms with Gasteiger partial charge in [0.05, 0.1) is 11.9 Å². The lowest BCUT2D eigenvalue weighted by molar-refractivity contribution is -0.141. The number of nitrogens with zero attached hydrogens (tertiary/aromatic N) is 2. The summed E-state index contributed by atoms with van der Waals surface area (Å²) in [5.74, 6) is -1.35. The Morgan fingerprint density at radius 3 is 2.41 bits per heavy atom. The number of nitrogens with one attached hydrogen (secondary N) is 1. The molecule has 2 saturated heterocycles. The van der Waals surface area contributed by atoms with Gasteiger partial charge in [0.15, 0.2) is 11.2 Å². The topological polar surface area (TPSA) is 126 Å². The minimum absolute atomic E-state index is 0.141. The third-order valence-corrected chi connectivity index (χ3v) is 6.62. The van der Waals surface area contributed by atoms with Crippen LogP contribution in [0.2, 0.25) is 0 Å². The molecule has 2 aliphatic heterocycles. The van der Waals surface area contributed by atoms with E-state index in [1.54, 1.807) is 29.2 Å². The number of rotatable bonds is 5. The third-order valence-electron chi connectivity index (χ3n) is 6.62. The van der Waals surface area contributed by atoms with Gasteiger partial charge in [-0.2, -0.15) is 0 Å². The number of hydrogen-bond acceptors (Lipinski definition) is 6. The Kier molecular flexibility index (Phi) is 6.27. The van der Waals surface area contributed by atoms with E-state index in [1.807, 2.05) is 0 Å². The van der Waals surface area contributed by atoms with Crippen molar-refractivity contribution in [1.29, 1.82) is 0 Å². The Labute approximate surface area is 185 Å². The Bertz CT molecular complexity index is 1080. The SMILES string of the molecule is NC(=O)C1(N2CCCCC2)CCN(C(=O)CNC(=O)c2cc(=O)c3ccccc3o2)CC1. The molecule has 170 valence electrons. The first-order valence-electron chi connectivity index (χ1n) is 11.0. The molecule has 0 spiro atoms. The van der Waals surface area contributed by atoms with Gasteiger partial charge in [0, 0.05) is 19.2 Å². The zero-order valence-electron chi connectivity index (χ0n) is 18.0. The summed E-state index contributed by atoms with van der Waals surface area (Å²) in [4.78, 5) is 53.4. The second-order valence-corrected chi connectivity index (χ2v) is 8.48. The summed E-state index contributed by atoms with van der Waals surface area (Å²) >= 11 is 0. The highest BCUT2D eigenvalue weighted by Gasteiger charge is 2.45. The summed E-state index contributed by atoms with van der Waals surface area (Å²) in [7, 11) is 0. The zero-order chi connectivity index (χ0) is 22.7. The van der Waals surface area contributed by atoms with E-state index in [0.29, 0.717) is 36.9 Å². The summed E-state index contributed by atoms with van der Waals surface area (Å²) in [6.45, 7) is 2.29. The van der Waals surface area contributed by atoms with E-state index in [9.17, 15) is 19.2 Å². The van der Waals surface area contributed by atoms with Gasteiger partial charge in [0.1, 0.15) is 11.1 Å². The minimum Gasteiger partial charge on any atom is -0.451 e. The maximum absolute atomic E-state index is 12.7. The Morgan fingerprint density at radius 1 is 1.03 bits per heavy atom. The fourth-order valence-corrected chi connectivity index (χ4v) is 4.74. The molecule has 3 amide bonds. The molecule has 9 nitrogen and oxygen atoms in total. The molecule has 2 fully saturated rings. The van der Waals surface area contributed by atoms with E-state index in [4.69, 9.17) is 10.2 Å². The molecule has 0 atom stereocenters. The summed E-state index contributed by atoms with van der Waals surface area (Å²) in [5, 5.41) is 2.92. The molecular formula is C23H28N4O5. The lowest BCUT2D eigenvalue weighted by Crippen LogP contribution is -2.64. The Balaban J connectivity index is 1.35. The number of primary amides is 1. The highest BCUT2D eigenvalue weighted by atomic mass is 16.3. The fraction of sp³-hybridized carbons (Fsp3) is 0.478.